The van der Waals surface area contributed by atoms with Crippen LogP contribution in [0.3, 0.4) is 0 Å². The first kappa shape index (κ1) is 9.83. The second-order valence-electron chi connectivity index (χ2n) is 0.238. The van der Waals surface area contributed by atoms with E-state index in [9.17, 15) is 0 Å². The molecule has 0 heterocycles. The zero-order chi connectivity index (χ0) is 3.58. The summed E-state index contributed by atoms with van der Waals surface area (Å²) in [4.78, 5) is 7.01. The van der Waals surface area contributed by atoms with Crippen molar-refractivity contribution in [1.82, 2.24) is 0 Å². The van der Waals surface area contributed by atoms with E-state index in [1.807, 2.05) is 0 Å². The van der Waals surface area contributed by atoms with Crippen LogP contribution in [0.5, 0.6) is 0 Å². The molecule has 0 saturated carbocycles. The zero-order valence-corrected chi connectivity index (χ0v) is 2.61. The Morgan fingerprint density at radius 3 is 1.40 bits per heavy atom. The molecular formula is H2O3PRb. The van der Waals surface area contributed by atoms with Crippen LogP contribution in [0.15, 0.2) is 0 Å². The maximum absolute atomic E-state index is 8.59. The molecule has 0 aromatic rings. The van der Waals surface area contributed by atoms with Gasteiger partial charge in [0.05, 0.1) is 0 Å². The molecule has 0 saturated heterocycles. The second-order valence-corrected chi connectivity index (χ2v) is 0.714. The Kier molecular flexibility index (Phi) is 11.1. The van der Waals surface area contributed by atoms with E-state index < -0.39 is 7.91 Å². The Bertz CT molecular complexity index is 55.3. The molecule has 0 aromatic carbocycles. The predicted molar refractivity (Wildman–Crippen MR) is 17.7 cm³/mol. The van der Waals surface area contributed by atoms with Gasteiger partial charge in [-0.1, -0.05) is 0 Å². The van der Waals surface area contributed by atoms with Gasteiger partial charge in [0.2, 0.25) is 0 Å². The van der Waals surface area contributed by atoms with Gasteiger partial charge < -0.3 is 0 Å². The molecule has 0 rings (SSSR count). The van der Waals surface area contributed by atoms with Gasteiger partial charge in [0, 0.05) is 0 Å². The van der Waals surface area contributed by atoms with Crippen molar-refractivity contribution in [2.24, 2.45) is 0 Å². The molecule has 5 heteroatoms. The van der Waals surface area contributed by atoms with E-state index in [1.54, 1.807) is 0 Å². The molecule has 0 aliphatic rings. The van der Waals surface area contributed by atoms with Crippen molar-refractivity contribution in [2.75, 3.05) is 0 Å². The average molecular weight is 166 g/mol. The van der Waals surface area contributed by atoms with Gasteiger partial charge >= 0.3 is 66.1 Å². The van der Waals surface area contributed by atoms with Crippen LogP contribution in [-0.4, -0.2) is 63.1 Å². The maximum atomic E-state index is 8.59. The average Bonchev–Trinajstić information content (AvgIpc) is 0.811. The van der Waals surface area contributed by atoms with Crippen LogP contribution in [0.1, 0.15) is 0 Å². The molecule has 5 heavy (non-hydrogen) atoms. The third-order valence-electron chi connectivity index (χ3n) is 0. The molecular weight excluding hydrogens is 164 g/mol. The van der Waals surface area contributed by atoms with E-state index >= 15 is 0 Å². The van der Waals surface area contributed by atoms with Gasteiger partial charge in [-0.05, 0) is 0 Å². The van der Waals surface area contributed by atoms with Gasteiger partial charge in [-0.2, -0.15) is 0 Å². The van der Waals surface area contributed by atoms with Crippen molar-refractivity contribution in [3.05, 3.63) is 0 Å². The molecule has 0 atom stereocenters. The quantitative estimate of drug-likeness (QED) is 0.490. The summed E-state index contributed by atoms with van der Waals surface area (Å²) in [5.41, 5.74) is 0. The summed E-state index contributed by atoms with van der Waals surface area (Å²) < 4.78 is 17.2. The second kappa shape index (κ2) is 5.67. The molecule has 0 fully saturated rings. The van der Waals surface area contributed by atoms with Crippen LogP contribution in [0, 0.1) is 0 Å². The zero-order valence-electron chi connectivity index (χ0n) is 1.71. The normalized spacial score (nSPS) is 5.00. The molecule has 0 amide bonds. The third kappa shape index (κ3) is 27.4. The summed E-state index contributed by atoms with van der Waals surface area (Å²) in [6, 6.07) is 0. The molecule has 0 bridgehead atoms. The van der Waals surface area contributed by atoms with Gasteiger partial charge in [0.1, 0.15) is 0 Å². The molecule has 3 nitrogen and oxygen atoms in total. The first-order valence-electron chi connectivity index (χ1n) is 0.565. The number of hydrogen-bond donors (Lipinski definition) is 1. The summed E-state index contributed by atoms with van der Waals surface area (Å²) in [6.07, 6.45) is 0. The molecule has 26 valence electrons. The molecule has 0 aromatic heterocycles. The Labute approximate surface area is 78.5 Å². The Morgan fingerprint density at radius 2 is 1.40 bits per heavy atom. The van der Waals surface area contributed by atoms with Crippen molar-refractivity contribution in [3.8, 4) is 0 Å². The van der Waals surface area contributed by atoms with Crippen LogP contribution in [0.4, 0.5) is 0 Å². The number of rotatable bonds is 0. The Balaban J connectivity index is 0. The fourth-order valence-electron chi connectivity index (χ4n) is 0. The van der Waals surface area contributed by atoms with E-state index in [0.29, 0.717) is 0 Å². The van der Waals surface area contributed by atoms with Crippen LogP contribution in [0.2, 0.25) is 0 Å². The van der Waals surface area contributed by atoms with Crippen molar-refractivity contribution in [2.45, 2.75) is 0 Å². The summed E-state index contributed by atoms with van der Waals surface area (Å²) in [6.45, 7) is 0. The third-order valence-corrected chi connectivity index (χ3v) is 0. The van der Waals surface area contributed by atoms with E-state index in [0.717, 1.165) is 0 Å². The van der Waals surface area contributed by atoms with E-state index in [-0.39, 0.29) is 58.2 Å². The van der Waals surface area contributed by atoms with Crippen molar-refractivity contribution in [3.63, 3.8) is 0 Å². The minimum absolute atomic E-state index is 0. The molecule has 0 aliphatic heterocycles. The van der Waals surface area contributed by atoms with Gasteiger partial charge in [-0.15, -0.1) is 0 Å². The van der Waals surface area contributed by atoms with E-state index in [4.69, 9.17) is 14.0 Å². The van der Waals surface area contributed by atoms with Gasteiger partial charge in [-0.3, -0.25) is 4.89 Å². The van der Waals surface area contributed by atoms with E-state index in [1.165, 1.54) is 0 Å². The fraction of sp³-hybridized carbons (Fsp3) is 0. The van der Waals surface area contributed by atoms with Crippen LogP contribution < -0.4 is 0 Å². The first-order chi connectivity index (χ1) is 1.73. The monoisotopic (exact) mass is 166 g/mol. The summed E-state index contributed by atoms with van der Waals surface area (Å²) in [5.74, 6) is 0. The van der Waals surface area contributed by atoms with Crippen LogP contribution in [0.25, 0.3) is 0 Å². The molecule has 0 aliphatic carbocycles. The summed E-state index contributed by atoms with van der Waals surface area (Å²) in [7, 11) is -3.12. The molecule has 0 radical (unpaired) electrons. The Morgan fingerprint density at radius 1 is 1.40 bits per heavy atom. The van der Waals surface area contributed by atoms with Crippen LogP contribution >= 0.6 is 7.91 Å². The fourth-order valence-corrected chi connectivity index (χ4v) is 0. The minimum atomic E-state index is -3.12. The molecule has 0 unspecified atom stereocenters. The summed E-state index contributed by atoms with van der Waals surface area (Å²) >= 11 is 0. The SMILES string of the molecule is O=P(=O)O.[RbH]. The molecule has 1 N–H and O–H groups in total. The van der Waals surface area contributed by atoms with Crippen molar-refractivity contribution < 1.29 is 14.0 Å². The van der Waals surface area contributed by atoms with Gasteiger partial charge in [-0.25, -0.2) is 9.13 Å². The standard InChI is InChI=1S/HO3P.Rb.H/c1-4(2)3;;/h(H,1,2,3);;. The van der Waals surface area contributed by atoms with Crippen molar-refractivity contribution in [1.29, 1.82) is 0 Å². The van der Waals surface area contributed by atoms with E-state index in [2.05, 4.69) is 0 Å². The van der Waals surface area contributed by atoms with Crippen LogP contribution in [-0.2, 0) is 9.13 Å². The van der Waals surface area contributed by atoms with Gasteiger partial charge in [0.25, 0.3) is 0 Å². The van der Waals surface area contributed by atoms with Crippen molar-refractivity contribution >= 4 is 66.1 Å². The predicted octanol–water partition coefficient (Wildman–Crippen LogP) is -0.582. The first-order valence-corrected chi connectivity index (χ1v) is 1.70. The topological polar surface area (TPSA) is 54.4 Å². The molecule has 0 spiro atoms. The number of hydrogen-bond acceptors (Lipinski definition) is 2. The summed E-state index contributed by atoms with van der Waals surface area (Å²) in [5, 5.41) is 0. The Hall–Kier alpha value is 1.67. The van der Waals surface area contributed by atoms with Gasteiger partial charge in [0.15, 0.2) is 0 Å².